The van der Waals surface area contributed by atoms with Gasteiger partial charge in [0.15, 0.2) is 0 Å². The highest BCUT2D eigenvalue weighted by atomic mass is 16.5. The average Bonchev–Trinajstić information content (AvgIpc) is 2.46. The lowest BCUT2D eigenvalue weighted by molar-refractivity contribution is 0.413. The predicted molar refractivity (Wildman–Crippen MR) is 76.4 cm³/mol. The van der Waals surface area contributed by atoms with Gasteiger partial charge in [0.1, 0.15) is 5.75 Å². The summed E-state index contributed by atoms with van der Waals surface area (Å²) in [6.07, 6.45) is 3.45. The van der Waals surface area contributed by atoms with Crippen LogP contribution >= 0.6 is 0 Å². The van der Waals surface area contributed by atoms with Crippen molar-refractivity contribution in [2.24, 2.45) is 0 Å². The van der Waals surface area contributed by atoms with E-state index in [-0.39, 0.29) is 0 Å². The topological polar surface area (TPSA) is 22.1 Å². The fourth-order valence-corrected chi connectivity index (χ4v) is 1.84. The van der Waals surface area contributed by atoms with E-state index >= 15 is 0 Å². The molecule has 0 aliphatic rings. The Hall–Kier alpha value is -2.35. The third-order valence-corrected chi connectivity index (χ3v) is 2.74. The van der Waals surface area contributed by atoms with Gasteiger partial charge in [-0.1, -0.05) is 49.6 Å². The fraction of sp³-hybridized carbons (Fsp3) is 0.0625. The fourth-order valence-electron chi connectivity index (χ4n) is 1.84. The second kappa shape index (κ2) is 5.32. The highest BCUT2D eigenvalue weighted by Gasteiger charge is 2.09. The van der Waals surface area contributed by atoms with E-state index in [2.05, 4.69) is 18.1 Å². The lowest BCUT2D eigenvalue weighted by atomic mass is 10.1. The van der Waals surface area contributed by atoms with Crippen LogP contribution in [0.4, 0.5) is 0 Å². The largest absolute Gasteiger partial charge is 0.496 e. The molecular weight excluding hydrogens is 222 g/mol. The van der Waals surface area contributed by atoms with Crippen LogP contribution in [0.25, 0.3) is 23.4 Å². The van der Waals surface area contributed by atoms with Crippen molar-refractivity contribution in [3.8, 4) is 17.0 Å². The SMILES string of the molecule is C=Cc1nc(-c2ccccc2)cc(OC)c1C=C. The Morgan fingerprint density at radius 2 is 1.83 bits per heavy atom. The highest BCUT2D eigenvalue weighted by molar-refractivity contribution is 5.72. The zero-order valence-electron chi connectivity index (χ0n) is 10.4. The van der Waals surface area contributed by atoms with Crippen LogP contribution in [-0.4, -0.2) is 12.1 Å². The number of nitrogens with zero attached hydrogens (tertiary/aromatic N) is 1. The Morgan fingerprint density at radius 3 is 2.39 bits per heavy atom. The third-order valence-electron chi connectivity index (χ3n) is 2.74. The molecule has 1 aromatic heterocycles. The minimum atomic E-state index is 0.758. The highest BCUT2D eigenvalue weighted by Crippen LogP contribution is 2.29. The standard InChI is InChI=1S/C16H15NO/c1-4-13-14(5-2)17-15(11-16(13)18-3)12-9-7-6-8-10-12/h4-11H,1-2H2,3H3. The second-order valence-electron chi connectivity index (χ2n) is 3.78. The first-order valence-electron chi connectivity index (χ1n) is 5.69. The van der Waals surface area contributed by atoms with E-state index in [0.717, 1.165) is 28.3 Å². The van der Waals surface area contributed by atoms with Crippen LogP contribution in [0.3, 0.4) is 0 Å². The number of ether oxygens (including phenoxy) is 1. The van der Waals surface area contributed by atoms with Crippen molar-refractivity contribution in [3.05, 3.63) is 60.8 Å². The second-order valence-corrected chi connectivity index (χ2v) is 3.78. The summed E-state index contributed by atoms with van der Waals surface area (Å²) in [6.45, 7) is 7.57. The number of benzene rings is 1. The van der Waals surface area contributed by atoms with Gasteiger partial charge in [0.25, 0.3) is 0 Å². The summed E-state index contributed by atoms with van der Waals surface area (Å²) >= 11 is 0. The van der Waals surface area contributed by atoms with Gasteiger partial charge in [-0.2, -0.15) is 0 Å². The molecule has 2 rings (SSSR count). The number of hydrogen-bond acceptors (Lipinski definition) is 2. The smallest absolute Gasteiger partial charge is 0.130 e. The van der Waals surface area contributed by atoms with E-state index in [4.69, 9.17) is 4.74 Å². The summed E-state index contributed by atoms with van der Waals surface area (Å²) in [6, 6.07) is 11.9. The van der Waals surface area contributed by atoms with Gasteiger partial charge in [-0.15, -0.1) is 0 Å². The lowest BCUT2D eigenvalue weighted by Crippen LogP contribution is -1.96. The van der Waals surface area contributed by atoms with E-state index in [1.165, 1.54) is 0 Å². The molecule has 0 N–H and O–H groups in total. The molecule has 18 heavy (non-hydrogen) atoms. The molecule has 1 aromatic carbocycles. The molecule has 0 unspecified atom stereocenters. The van der Waals surface area contributed by atoms with Crippen molar-refractivity contribution in [1.82, 2.24) is 4.98 Å². The number of pyridine rings is 1. The average molecular weight is 237 g/mol. The van der Waals surface area contributed by atoms with E-state index in [0.29, 0.717) is 0 Å². The maximum Gasteiger partial charge on any atom is 0.130 e. The van der Waals surface area contributed by atoms with Crippen molar-refractivity contribution in [1.29, 1.82) is 0 Å². The summed E-state index contributed by atoms with van der Waals surface area (Å²) in [4.78, 5) is 4.57. The summed E-state index contributed by atoms with van der Waals surface area (Å²) in [5, 5.41) is 0. The Balaban J connectivity index is 2.64. The molecule has 0 atom stereocenters. The zero-order chi connectivity index (χ0) is 13.0. The first-order chi connectivity index (χ1) is 8.80. The zero-order valence-corrected chi connectivity index (χ0v) is 10.4. The van der Waals surface area contributed by atoms with Gasteiger partial charge in [0, 0.05) is 17.2 Å². The molecule has 0 saturated carbocycles. The number of aromatic nitrogens is 1. The van der Waals surface area contributed by atoms with E-state index in [9.17, 15) is 0 Å². The predicted octanol–water partition coefficient (Wildman–Crippen LogP) is 4.04. The maximum absolute atomic E-state index is 5.38. The summed E-state index contributed by atoms with van der Waals surface area (Å²) in [5.41, 5.74) is 3.57. The number of hydrogen-bond donors (Lipinski definition) is 0. The van der Waals surface area contributed by atoms with Gasteiger partial charge in [-0.25, -0.2) is 4.98 Å². The number of rotatable bonds is 4. The minimum absolute atomic E-state index is 0.758. The van der Waals surface area contributed by atoms with Crippen molar-refractivity contribution in [3.63, 3.8) is 0 Å². The molecule has 0 saturated heterocycles. The van der Waals surface area contributed by atoms with Gasteiger partial charge in [-0.05, 0) is 6.08 Å². The molecule has 90 valence electrons. The molecule has 0 spiro atoms. The van der Waals surface area contributed by atoms with Crippen molar-refractivity contribution >= 4 is 12.2 Å². The molecule has 0 amide bonds. The summed E-state index contributed by atoms with van der Waals surface area (Å²) < 4.78 is 5.38. The van der Waals surface area contributed by atoms with E-state index in [1.54, 1.807) is 19.3 Å². The van der Waals surface area contributed by atoms with Crippen LogP contribution in [0.5, 0.6) is 5.75 Å². The molecule has 0 aliphatic carbocycles. The van der Waals surface area contributed by atoms with Crippen LogP contribution in [0.15, 0.2) is 49.6 Å². The van der Waals surface area contributed by atoms with Crippen LogP contribution in [0, 0.1) is 0 Å². The molecule has 0 aliphatic heterocycles. The van der Waals surface area contributed by atoms with Crippen molar-refractivity contribution in [2.75, 3.05) is 7.11 Å². The normalized spacial score (nSPS) is 9.83. The Labute approximate surface area is 107 Å². The Bertz CT molecular complexity index is 573. The van der Waals surface area contributed by atoms with Crippen LogP contribution in [0.1, 0.15) is 11.3 Å². The summed E-state index contributed by atoms with van der Waals surface area (Å²) in [7, 11) is 1.64. The molecule has 0 radical (unpaired) electrons. The van der Waals surface area contributed by atoms with Crippen molar-refractivity contribution in [2.45, 2.75) is 0 Å². The monoisotopic (exact) mass is 237 g/mol. The molecule has 2 aromatic rings. The number of methoxy groups -OCH3 is 1. The molecule has 0 fully saturated rings. The van der Waals surface area contributed by atoms with Gasteiger partial charge >= 0.3 is 0 Å². The van der Waals surface area contributed by atoms with Gasteiger partial charge in [0.2, 0.25) is 0 Å². The van der Waals surface area contributed by atoms with Gasteiger partial charge in [-0.3, -0.25) is 0 Å². The summed E-state index contributed by atoms with van der Waals surface area (Å²) in [5.74, 6) is 0.758. The van der Waals surface area contributed by atoms with Crippen LogP contribution < -0.4 is 4.74 Å². The quantitative estimate of drug-likeness (QED) is 0.800. The third kappa shape index (κ3) is 2.18. The molecular formula is C16H15NO. The van der Waals surface area contributed by atoms with Gasteiger partial charge < -0.3 is 4.74 Å². The van der Waals surface area contributed by atoms with Crippen LogP contribution in [0.2, 0.25) is 0 Å². The maximum atomic E-state index is 5.38. The Morgan fingerprint density at radius 1 is 1.11 bits per heavy atom. The Kier molecular flexibility index (Phi) is 3.58. The minimum Gasteiger partial charge on any atom is -0.496 e. The molecule has 1 heterocycles. The van der Waals surface area contributed by atoms with Gasteiger partial charge in [0.05, 0.1) is 18.5 Å². The molecule has 2 heteroatoms. The molecule has 0 bridgehead atoms. The lowest BCUT2D eigenvalue weighted by Gasteiger charge is -2.11. The van der Waals surface area contributed by atoms with E-state index in [1.807, 2.05) is 36.4 Å². The first kappa shape index (κ1) is 12.1. The van der Waals surface area contributed by atoms with E-state index < -0.39 is 0 Å². The first-order valence-corrected chi connectivity index (χ1v) is 5.69. The van der Waals surface area contributed by atoms with Crippen molar-refractivity contribution < 1.29 is 4.74 Å². The molecule has 2 nitrogen and oxygen atoms in total. The van der Waals surface area contributed by atoms with Crippen LogP contribution in [-0.2, 0) is 0 Å².